The minimum Gasteiger partial charge on any atom is -0.361 e. The van der Waals surface area contributed by atoms with E-state index in [1.54, 1.807) is 17.1 Å². The zero-order valence-electron chi connectivity index (χ0n) is 12.6. The number of nitrogens with one attached hydrogen (secondary N) is 1. The number of para-hydroxylation sites is 1. The Labute approximate surface area is 145 Å². The van der Waals surface area contributed by atoms with Crippen molar-refractivity contribution in [1.29, 1.82) is 0 Å². The van der Waals surface area contributed by atoms with Crippen molar-refractivity contribution in [2.24, 2.45) is 0 Å². The fourth-order valence-electron chi connectivity index (χ4n) is 2.71. The third-order valence-corrected chi connectivity index (χ3v) is 4.19. The first kappa shape index (κ1) is 15.0. The molecular formula is C17H13BrFN5. The number of hydrogen-bond donors (Lipinski definition) is 1. The Bertz CT molecular complexity index is 1010. The number of aromatic amines is 1. The molecule has 0 aliphatic heterocycles. The molecule has 0 amide bonds. The molecule has 0 spiro atoms. The topological polar surface area (TPSA) is 59.4 Å². The first-order chi connectivity index (χ1) is 11.8. The molecule has 1 aromatic carbocycles. The number of aromatic nitrogens is 5. The van der Waals surface area contributed by atoms with Gasteiger partial charge in [0.1, 0.15) is 6.67 Å². The Morgan fingerprint density at radius 3 is 2.96 bits per heavy atom. The van der Waals surface area contributed by atoms with Crippen LogP contribution in [0.4, 0.5) is 4.39 Å². The van der Waals surface area contributed by atoms with E-state index in [2.05, 4.69) is 36.0 Å². The highest BCUT2D eigenvalue weighted by Crippen LogP contribution is 2.28. The fourth-order valence-corrected chi connectivity index (χ4v) is 3.07. The Balaban J connectivity index is 1.90. The molecule has 5 nitrogen and oxygen atoms in total. The predicted molar refractivity (Wildman–Crippen MR) is 94.2 cm³/mol. The lowest BCUT2D eigenvalue weighted by atomic mass is 10.1. The minimum atomic E-state index is -0.507. The van der Waals surface area contributed by atoms with Crippen LogP contribution in [-0.2, 0) is 6.54 Å². The fraction of sp³-hybridized carbons (Fsp3) is 0.118. The quantitative estimate of drug-likeness (QED) is 0.571. The number of rotatable bonds is 4. The van der Waals surface area contributed by atoms with Gasteiger partial charge < -0.3 is 4.98 Å². The van der Waals surface area contributed by atoms with Crippen LogP contribution >= 0.6 is 15.9 Å². The van der Waals surface area contributed by atoms with Gasteiger partial charge in [-0.1, -0.05) is 12.1 Å². The zero-order valence-corrected chi connectivity index (χ0v) is 14.2. The van der Waals surface area contributed by atoms with Crippen molar-refractivity contribution in [1.82, 2.24) is 24.7 Å². The zero-order chi connectivity index (χ0) is 16.5. The summed E-state index contributed by atoms with van der Waals surface area (Å²) < 4.78 is 15.4. The Hall–Kier alpha value is -2.54. The van der Waals surface area contributed by atoms with Gasteiger partial charge in [0.2, 0.25) is 0 Å². The number of halogens is 2. The Kier molecular flexibility index (Phi) is 3.86. The highest BCUT2D eigenvalue weighted by Gasteiger charge is 2.16. The van der Waals surface area contributed by atoms with Gasteiger partial charge in [-0.3, -0.25) is 4.98 Å². The number of benzene rings is 1. The van der Waals surface area contributed by atoms with E-state index < -0.39 is 6.67 Å². The van der Waals surface area contributed by atoms with E-state index in [1.165, 1.54) is 0 Å². The van der Waals surface area contributed by atoms with E-state index >= 15 is 0 Å². The van der Waals surface area contributed by atoms with E-state index in [9.17, 15) is 4.39 Å². The second-order valence-electron chi connectivity index (χ2n) is 5.31. The summed E-state index contributed by atoms with van der Waals surface area (Å²) in [7, 11) is 0. The molecule has 0 saturated heterocycles. The summed E-state index contributed by atoms with van der Waals surface area (Å²) in [6, 6.07) is 9.82. The molecule has 1 N–H and O–H groups in total. The van der Waals surface area contributed by atoms with E-state index in [1.807, 2.05) is 36.5 Å². The summed E-state index contributed by atoms with van der Waals surface area (Å²) >= 11 is 3.40. The van der Waals surface area contributed by atoms with Crippen LogP contribution in [0, 0.1) is 0 Å². The Morgan fingerprint density at radius 2 is 2.12 bits per heavy atom. The monoisotopic (exact) mass is 385 g/mol. The van der Waals surface area contributed by atoms with Crippen molar-refractivity contribution in [3.8, 4) is 22.8 Å². The second-order valence-corrected chi connectivity index (χ2v) is 6.23. The number of H-pyrrole nitrogens is 1. The molecule has 120 valence electrons. The normalized spacial score (nSPS) is 11.2. The standard InChI is InChI=1S/C17H13BrFN5/c18-13-8-12(9-20-10-13)16-22-17(24(23-16)7-5-19)14-3-1-2-11-4-6-21-15(11)14/h1-4,6,8-10,21H,5,7H2. The van der Waals surface area contributed by atoms with E-state index in [-0.39, 0.29) is 6.54 Å². The van der Waals surface area contributed by atoms with E-state index in [0.717, 1.165) is 26.5 Å². The predicted octanol–water partition coefficient (Wildman–Crippen LogP) is 4.22. The largest absolute Gasteiger partial charge is 0.361 e. The van der Waals surface area contributed by atoms with Gasteiger partial charge in [-0.25, -0.2) is 14.1 Å². The van der Waals surface area contributed by atoms with Crippen LogP contribution in [0.25, 0.3) is 33.7 Å². The lowest BCUT2D eigenvalue weighted by Gasteiger charge is -2.04. The van der Waals surface area contributed by atoms with Crippen LogP contribution in [0.15, 0.2) is 53.4 Å². The summed E-state index contributed by atoms with van der Waals surface area (Å²) in [5.41, 5.74) is 2.64. The first-order valence-corrected chi connectivity index (χ1v) is 8.24. The van der Waals surface area contributed by atoms with Crippen molar-refractivity contribution in [2.75, 3.05) is 6.67 Å². The van der Waals surface area contributed by atoms with Crippen molar-refractivity contribution < 1.29 is 4.39 Å². The molecule has 0 aliphatic rings. The molecule has 7 heteroatoms. The smallest absolute Gasteiger partial charge is 0.183 e. The van der Waals surface area contributed by atoms with E-state index in [0.29, 0.717) is 11.6 Å². The van der Waals surface area contributed by atoms with Crippen LogP contribution < -0.4 is 0 Å². The minimum absolute atomic E-state index is 0.154. The average molecular weight is 386 g/mol. The van der Waals surface area contributed by atoms with Crippen molar-refractivity contribution in [2.45, 2.75) is 6.54 Å². The molecule has 3 aromatic heterocycles. The van der Waals surface area contributed by atoms with E-state index in [4.69, 9.17) is 0 Å². The van der Waals surface area contributed by atoms with Crippen molar-refractivity contribution >= 4 is 26.8 Å². The number of aryl methyl sites for hydroxylation is 1. The van der Waals surface area contributed by atoms with Gasteiger partial charge in [-0.2, -0.15) is 5.10 Å². The van der Waals surface area contributed by atoms with Crippen LogP contribution in [0.2, 0.25) is 0 Å². The third kappa shape index (κ3) is 2.60. The second kappa shape index (κ2) is 6.16. The maximum atomic E-state index is 13.0. The van der Waals surface area contributed by atoms with Crippen LogP contribution in [0.3, 0.4) is 0 Å². The molecular weight excluding hydrogens is 373 g/mol. The summed E-state index contributed by atoms with van der Waals surface area (Å²) in [6.45, 7) is -0.353. The van der Waals surface area contributed by atoms with Crippen molar-refractivity contribution in [3.63, 3.8) is 0 Å². The molecule has 0 bridgehead atoms. The molecule has 0 unspecified atom stereocenters. The van der Waals surface area contributed by atoms with Gasteiger partial charge in [0.05, 0.1) is 12.1 Å². The molecule has 24 heavy (non-hydrogen) atoms. The lowest BCUT2D eigenvalue weighted by molar-refractivity contribution is 0.429. The van der Waals surface area contributed by atoms with Gasteiger partial charge in [0, 0.05) is 39.6 Å². The Morgan fingerprint density at radius 1 is 1.21 bits per heavy atom. The maximum Gasteiger partial charge on any atom is 0.183 e. The highest BCUT2D eigenvalue weighted by molar-refractivity contribution is 9.10. The third-order valence-electron chi connectivity index (χ3n) is 3.76. The molecule has 0 atom stereocenters. The number of pyridine rings is 1. The highest BCUT2D eigenvalue weighted by atomic mass is 79.9. The van der Waals surface area contributed by atoms with Gasteiger partial charge >= 0.3 is 0 Å². The van der Waals surface area contributed by atoms with Gasteiger partial charge in [0.25, 0.3) is 0 Å². The van der Waals surface area contributed by atoms with Crippen LogP contribution in [0.5, 0.6) is 0 Å². The maximum absolute atomic E-state index is 13.0. The number of fused-ring (bicyclic) bond motifs is 1. The summed E-state index contributed by atoms with van der Waals surface area (Å²) in [4.78, 5) is 12.0. The summed E-state index contributed by atoms with van der Waals surface area (Å²) in [6.07, 6.45) is 5.27. The molecule has 0 aliphatic carbocycles. The molecule has 4 rings (SSSR count). The summed E-state index contributed by atoms with van der Waals surface area (Å²) in [5, 5.41) is 5.55. The molecule has 3 heterocycles. The van der Waals surface area contributed by atoms with Crippen molar-refractivity contribution in [3.05, 3.63) is 53.4 Å². The van der Waals surface area contributed by atoms with Crippen LogP contribution in [0.1, 0.15) is 0 Å². The van der Waals surface area contributed by atoms with Gasteiger partial charge in [0.15, 0.2) is 11.6 Å². The average Bonchev–Trinajstić information content (AvgIpc) is 3.21. The molecule has 0 saturated carbocycles. The van der Waals surface area contributed by atoms with Gasteiger partial charge in [-0.15, -0.1) is 0 Å². The molecule has 0 fully saturated rings. The number of nitrogens with zero attached hydrogens (tertiary/aromatic N) is 4. The SMILES string of the molecule is FCCn1nc(-c2cncc(Br)c2)nc1-c1cccc2cc[nH]c12. The first-order valence-electron chi connectivity index (χ1n) is 7.44. The van der Waals surface area contributed by atoms with Gasteiger partial charge in [-0.05, 0) is 34.1 Å². The summed E-state index contributed by atoms with van der Waals surface area (Å²) in [5.74, 6) is 1.16. The number of hydrogen-bond acceptors (Lipinski definition) is 3. The van der Waals surface area contributed by atoms with Crippen LogP contribution in [-0.4, -0.2) is 31.4 Å². The number of alkyl halides is 1. The lowest BCUT2D eigenvalue weighted by Crippen LogP contribution is -2.04. The molecule has 4 aromatic rings. The molecule has 0 radical (unpaired) electrons.